The summed E-state index contributed by atoms with van der Waals surface area (Å²) in [5, 5.41) is 2.97. The lowest BCUT2D eigenvalue weighted by atomic mass is 10.3. The van der Waals surface area contributed by atoms with E-state index in [2.05, 4.69) is 35.9 Å². The lowest BCUT2D eigenvalue weighted by molar-refractivity contribution is 0.298. The van der Waals surface area contributed by atoms with E-state index >= 15 is 0 Å². The summed E-state index contributed by atoms with van der Waals surface area (Å²) in [7, 11) is -3.54. The number of anilines is 2. The first-order chi connectivity index (χ1) is 10.5. The Morgan fingerprint density at radius 1 is 1.32 bits per heavy atom. The molecule has 7 nitrogen and oxygen atoms in total. The summed E-state index contributed by atoms with van der Waals surface area (Å²) in [5.41, 5.74) is 0.579. The SMILES string of the molecule is O=S1(=O)NCCCOc2nc(ncc2Br)Nc2cccc1c2. The summed E-state index contributed by atoms with van der Waals surface area (Å²) in [6.07, 6.45) is 2.11. The van der Waals surface area contributed by atoms with Crippen molar-refractivity contribution in [2.75, 3.05) is 18.5 Å². The highest BCUT2D eigenvalue weighted by Crippen LogP contribution is 2.25. The van der Waals surface area contributed by atoms with Crippen LogP contribution in [-0.4, -0.2) is 31.5 Å². The van der Waals surface area contributed by atoms with Gasteiger partial charge >= 0.3 is 0 Å². The minimum absolute atomic E-state index is 0.190. The van der Waals surface area contributed by atoms with Crippen molar-refractivity contribution in [2.45, 2.75) is 11.3 Å². The van der Waals surface area contributed by atoms with Gasteiger partial charge in [0.15, 0.2) is 0 Å². The van der Waals surface area contributed by atoms with Gasteiger partial charge in [0.2, 0.25) is 21.9 Å². The van der Waals surface area contributed by atoms with Crippen molar-refractivity contribution < 1.29 is 13.2 Å². The topological polar surface area (TPSA) is 93.2 Å². The summed E-state index contributed by atoms with van der Waals surface area (Å²) < 4.78 is 33.1. The lowest BCUT2D eigenvalue weighted by Gasteiger charge is -2.09. The Labute approximate surface area is 136 Å². The van der Waals surface area contributed by atoms with E-state index < -0.39 is 10.0 Å². The number of halogens is 1. The van der Waals surface area contributed by atoms with E-state index in [0.29, 0.717) is 35.0 Å². The number of ether oxygens (including phenoxy) is 1. The number of hydrogen-bond acceptors (Lipinski definition) is 6. The number of hydrogen-bond donors (Lipinski definition) is 2. The number of sulfonamides is 1. The van der Waals surface area contributed by atoms with Crippen molar-refractivity contribution >= 4 is 37.6 Å². The first kappa shape index (κ1) is 15.2. The van der Waals surface area contributed by atoms with Crippen molar-refractivity contribution in [1.82, 2.24) is 14.7 Å². The van der Waals surface area contributed by atoms with Crippen LogP contribution in [0.3, 0.4) is 0 Å². The molecular weight excluding hydrogens is 372 g/mol. The lowest BCUT2D eigenvalue weighted by Crippen LogP contribution is -2.25. The fourth-order valence-electron chi connectivity index (χ4n) is 1.91. The Hall–Kier alpha value is -1.71. The third kappa shape index (κ3) is 3.37. The highest BCUT2D eigenvalue weighted by atomic mass is 79.9. The van der Waals surface area contributed by atoms with Crippen LogP contribution in [0.15, 0.2) is 39.8 Å². The van der Waals surface area contributed by atoms with Crippen LogP contribution in [0, 0.1) is 0 Å². The van der Waals surface area contributed by atoms with Crippen molar-refractivity contribution in [1.29, 1.82) is 0 Å². The molecule has 1 aromatic carbocycles. The van der Waals surface area contributed by atoms with Crippen molar-refractivity contribution in [2.24, 2.45) is 0 Å². The quantitative estimate of drug-likeness (QED) is 0.721. The Morgan fingerprint density at radius 3 is 3.05 bits per heavy atom. The molecule has 1 aliphatic rings. The van der Waals surface area contributed by atoms with Gasteiger partial charge in [-0.15, -0.1) is 0 Å². The Kier molecular flexibility index (Phi) is 4.27. The maximum atomic E-state index is 12.2. The van der Waals surface area contributed by atoms with Crippen LogP contribution >= 0.6 is 15.9 Å². The molecule has 2 heterocycles. The Bertz CT molecular complexity index is 798. The smallest absolute Gasteiger partial charge is 0.240 e. The zero-order chi connectivity index (χ0) is 15.6. The van der Waals surface area contributed by atoms with Gasteiger partial charge in [0.25, 0.3) is 0 Å². The van der Waals surface area contributed by atoms with Crippen molar-refractivity contribution in [3.63, 3.8) is 0 Å². The van der Waals surface area contributed by atoms with Gasteiger partial charge in [0, 0.05) is 12.2 Å². The summed E-state index contributed by atoms with van der Waals surface area (Å²) in [5.74, 6) is 0.746. The molecule has 0 saturated heterocycles. The van der Waals surface area contributed by atoms with Gasteiger partial charge < -0.3 is 10.1 Å². The van der Waals surface area contributed by atoms with Crippen LogP contribution in [0.4, 0.5) is 11.6 Å². The van der Waals surface area contributed by atoms with Crippen LogP contribution in [0.5, 0.6) is 5.88 Å². The molecule has 9 heteroatoms. The zero-order valence-corrected chi connectivity index (χ0v) is 13.8. The van der Waals surface area contributed by atoms with E-state index in [4.69, 9.17) is 4.74 Å². The van der Waals surface area contributed by atoms with E-state index in [0.717, 1.165) is 0 Å². The van der Waals surface area contributed by atoms with Crippen LogP contribution < -0.4 is 14.8 Å². The molecule has 2 N–H and O–H groups in total. The summed E-state index contributed by atoms with van der Waals surface area (Å²) in [4.78, 5) is 8.59. The Morgan fingerprint density at radius 2 is 2.18 bits per heavy atom. The summed E-state index contributed by atoms with van der Waals surface area (Å²) in [6.45, 7) is 0.630. The van der Waals surface area contributed by atoms with Gasteiger partial charge in [0.05, 0.1) is 22.2 Å². The molecular formula is C13H13BrN4O3S. The summed E-state index contributed by atoms with van der Waals surface area (Å²) >= 11 is 3.32. The van der Waals surface area contributed by atoms with Crippen LogP contribution in [0.1, 0.15) is 6.42 Å². The van der Waals surface area contributed by atoms with Crippen LogP contribution in [0.2, 0.25) is 0 Å². The minimum Gasteiger partial charge on any atom is -0.477 e. The second-order valence-corrected chi connectivity index (χ2v) is 7.22. The molecule has 0 atom stereocenters. The molecule has 1 aliphatic heterocycles. The average Bonchev–Trinajstić information content (AvgIpc) is 2.50. The zero-order valence-electron chi connectivity index (χ0n) is 11.4. The van der Waals surface area contributed by atoms with E-state index in [1.54, 1.807) is 18.3 Å². The maximum absolute atomic E-state index is 12.2. The number of rotatable bonds is 0. The molecule has 3 rings (SSSR count). The number of nitrogens with zero attached hydrogens (tertiary/aromatic N) is 2. The molecule has 0 aliphatic carbocycles. The van der Waals surface area contributed by atoms with Gasteiger partial charge in [-0.05, 0) is 40.5 Å². The number of benzene rings is 1. The molecule has 0 spiro atoms. The average molecular weight is 385 g/mol. The standard InChI is InChI=1S/C13H13BrN4O3S/c14-11-8-15-13-17-9-3-1-4-10(7-9)22(19,20)16-5-2-6-21-12(11)18-13/h1,3-4,7-8,16H,2,5-6H2,(H,15,17,18). The molecule has 0 radical (unpaired) electrons. The first-order valence-corrected chi connectivity index (χ1v) is 8.84. The highest BCUT2D eigenvalue weighted by Gasteiger charge is 2.15. The van der Waals surface area contributed by atoms with E-state index in [1.165, 1.54) is 12.1 Å². The predicted molar refractivity (Wildman–Crippen MR) is 84.8 cm³/mol. The fraction of sp³-hybridized carbons (Fsp3) is 0.231. The van der Waals surface area contributed by atoms with Crippen molar-refractivity contribution in [3.8, 4) is 5.88 Å². The maximum Gasteiger partial charge on any atom is 0.240 e. The predicted octanol–water partition coefficient (Wildman–Crippen LogP) is 2.04. The Balaban J connectivity index is 2.02. The normalized spacial score (nSPS) is 17.1. The molecule has 1 aromatic heterocycles. The van der Waals surface area contributed by atoms with Gasteiger partial charge in [-0.25, -0.2) is 18.1 Å². The fourth-order valence-corrected chi connectivity index (χ4v) is 3.34. The second-order valence-electron chi connectivity index (χ2n) is 4.60. The third-order valence-corrected chi connectivity index (χ3v) is 4.97. The number of aromatic nitrogens is 2. The summed E-state index contributed by atoms with van der Waals surface area (Å²) in [6, 6.07) is 6.47. The molecule has 2 aromatic rings. The van der Waals surface area contributed by atoms with E-state index in [-0.39, 0.29) is 11.4 Å². The molecule has 22 heavy (non-hydrogen) atoms. The largest absolute Gasteiger partial charge is 0.477 e. The second kappa shape index (κ2) is 6.19. The molecule has 0 amide bonds. The van der Waals surface area contributed by atoms with Gasteiger partial charge in [-0.2, -0.15) is 4.98 Å². The van der Waals surface area contributed by atoms with Gasteiger partial charge in [0.1, 0.15) is 0 Å². The van der Waals surface area contributed by atoms with Gasteiger partial charge in [-0.1, -0.05) is 6.07 Å². The monoisotopic (exact) mass is 384 g/mol. The van der Waals surface area contributed by atoms with Gasteiger partial charge in [-0.3, -0.25) is 0 Å². The van der Waals surface area contributed by atoms with E-state index in [9.17, 15) is 8.42 Å². The minimum atomic E-state index is -3.54. The molecule has 0 fully saturated rings. The first-order valence-electron chi connectivity index (χ1n) is 6.57. The molecule has 116 valence electrons. The number of nitrogens with one attached hydrogen (secondary N) is 2. The van der Waals surface area contributed by atoms with Crippen LogP contribution in [0.25, 0.3) is 0 Å². The van der Waals surface area contributed by atoms with Crippen LogP contribution in [-0.2, 0) is 10.0 Å². The van der Waals surface area contributed by atoms with E-state index in [1.807, 2.05) is 0 Å². The molecule has 4 bridgehead atoms. The highest BCUT2D eigenvalue weighted by molar-refractivity contribution is 9.10. The molecule has 0 saturated carbocycles. The number of fused-ring (bicyclic) bond motifs is 4. The molecule has 0 unspecified atom stereocenters. The third-order valence-electron chi connectivity index (χ3n) is 2.96. The van der Waals surface area contributed by atoms with Crippen molar-refractivity contribution in [3.05, 3.63) is 34.9 Å².